The highest BCUT2D eigenvalue weighted by atomic mass is 35.5. The highest BCUT2D eigenvalue weighted by Crippen LogP contribution is 2.14. The Bertz CT molecular complexity index is 353. The van der Waals surface area contributed by atoms with Gasteiger partial charge in [-0.15, -0.1) is 0 Å². The number of carbonyl (C=O) groups excluding carboxylic acids is 1. The summed E-state index contributed by atoms with van der Waals surface area (Å²) in [5.41, 5.74) is 0. The van der Waals surface area contributed by atoms with Crippen LogP contribution in [0, 0.1) is 0 Å². The summed E-state index contributed by atoms with van der Waals surface area (Å²) in [6, 6.07) is 0. The van der Waals surface area contributed by atoms with Gasteiger partial charge < -0.3 is 21.6 Å². The number of esters is 1. The molecule has 0 rings (SSSR count). The molecule has 0 aliphatic carbocycles. The normalized spacial score (nSPS) is 12.3. The molecule has 0 saturated carbocycles. The largest absolute Gasteiger partial charge is 1.00 e. The van der Waals surface area contributed by atoms with Crippen molar-refractivity contribution in [2.75, 3.05) is 27.7 Å². The molecule has 0 aromatic heterocycles. The van der Waals surface area contributed by atoms with Crippen molar-refractivity contribution in [3.05, 3.63) is 12.7 Å². The van der Waals surface area contributed by atoms with Crippen LogP contribution in [0.4, 0.5) is 0 Å². The molecule has 0 heterocycles. The summed E-state index contributed by atoms with van der Waals surface area (Å²) >= 11 is 0. The van der Waals surface area contributed by atoms with E-state index in [0.717, 1.165) is 17.3 Å². The Labute approximate surface area is 175 Å². The molecule has 3 nitrogen and oxygen atoms in total. The molecule has 4 heteroatoms. The number of carbonyl (C=O) groups is 1. The van der Waals surface area contributed by atoms with Crippen LogP contribution in [0.2, 0.25) is 0 Å². The van der Waals surface area contributed by atoms with E-state index < -0.39 is 0 Å². The number of ether oxygens (including phenoxy) is 1. The maximum absolute atomic E-state index is 11.1. The fraction of sp³-hybridized carbons (Fsp3) is 0.870. The maximum Gasteiger partial charge on any atom is 0.330 e. The van der Waals surface area contributed by atoms with Crippen molar-refractivity contribution >= 4 is 5.97 Å². The van der Waals surface area contributed by atoms with E-state index in [4.69, 9.17) is 4.74 Å². The molecule has 0 bridgehead atoms. The van der Waals surface area contributed by atoms with Crippen molar-refractivity contribution < 1.29 is 26.4 Å². The molecule has 1 atom stereocenters. The topological polar surface area (TPSA) is 26.3 Å². The van der Waals surface area contributed by atoms with Crippen LogP contribution in [-0.2, 0) is 9.53 Å². The van der Waals surface area contributed by atoms with E-state index in [-0.39, 0.29) is 24.5 Å². The second-order valence-corrected chi connectivity index (χ2v) is 8.85. The molecule has 0 fully saturated rings. The van der Waals surface area contributed by atoms with Crippen LogP contribution < -0.4 is 12.4 Å². The van der Waals surface area contributed by atoms with Gasteiger partial charge in [0.1, 0.15) is 0 Å². The summed E-state index contributed by atoms with van der Waals surface area (Å²) in [5, 5.41) is 0. The first-order valence-corrected chi connectivity index (χ1v) is 11.0. The number of rotatable bonds is 18. The smallest absolute Gasteiger partial charge is 0.330 e. The average molecular weight is 404 g/mol. The van der Waals surface area contributed by atoms with Gasteiger partial charge in [-0.1, -0.05) is 70.8 Å². The molecule has 27 heavy (non-hydrogen) atoms. The first-order valence-electron chi connectivity index (χ1n) is 11.0. The van der Waals surface area contributed by atoms with Crippen molar-refractivity contribution in [1.82, 2.24) is 0 Å². The second-order valence-electron chi connectivity index (χ2n) is 8.85. The highest BCUT2D eigenvalue weighted by Gasteiger charge is 2.06. The second kappa shape index (κ2) is 18.8. The molecular weight excluding hydrogens is 358 g/mol. The van der Waals surface area contributed by atoms with Gasteiger partial charge in [-0.2, -0.15) is 0 Å². The Balaban J connectivity index is 0. The summed E-state index contributed by atoms with van der Waals surface area (Å²) in [6.07, 6.45) is 19.9. The minimum atomic E-state index is -0.304. The summed E-state index contributed by atoms with van der Waals surface area (Å²) in [4.78, 5) is 11.1. The minimum Gasteiger partial charge on any atom is -1.00 e. The zero-order valence-corrected chi connectivity index (χ0v) is 19.4. The van der Waals surface area contributed by atoms with Gasteiger partial charge in [0.2, 0.25) is 0 Å². The van der Waals surface area contributed by atoms with Crippen LogP contribution in [0.15, 0.2) is 12.7 Å². The molecule has 1 unspecified atom stereocenters. The van der Waals surface area contributed by atoms with Gasteiger partial charge in [-0.3, -0.25) is 0 Å². The molecular formula is C23H46ClNO2. The third-order valence-electron chi connectivity index (χ3n) is 4.92. The molecule has 0 amide bonds. The molecule has 0 aromatic carbocycles. The zero-order chi connectivity index (χ0) is 19.7. The summed E-state index contributed by atoms with van der Waals surface area (Å²) in [5.74, 6) is -0.304. The average Bonchev–Trinajstić information content (AvgIpc) is 2.57. The molecule has 0 saturated heterocycles. The molecule has 0 N–H and O–H groups in total. The molecule has 0 radical (unpaired) electrons. The quantitative estimate of drug-likeness (QED) is 0.152. The predicted molar refractivity (Wildman–Crippen MR) is 113 cm³/mol. The number of nitrogens with zero attached hydrogens (tertiary/aromatic N) is 1. The van der Waals surface area contributed by atoms with Gasteiger partial charge in [0.25, 0.3) is 0 Å². The van der Waals surface area contributed by atoms with Crippen LogP contribution >= 0.6 is 0 Å². The van der Waals surface area contributed by atoms with E-state index in [9.17, 15) is 4.79 Å². The van der Waals surface area contributed by atoms with Crippen molar-refractivity contribution in [1.29, 1.82) is 0 Å². The van der Waals surface area contributed by atoms with Crippen molar-refractivity contribution in [3.8, 4) is 0 Å². The van der Waals surface area contributed by atoms with E-state index in [1.54, 1.807) is 0 Å². The van der Waals surface area contributed by atoms with E-state index in [1.807, 2.05) is 6.92 Å². The summed E-state index contributed by atoms with van der Waals surface area (Å²) in [6.45, 7) is 6.69. The van der Waals surface area contributed by atoms with Gasteiger partial charge >= 0.3 is 5.97 Å². The third kappa shape index (κ3) is 23.4. The Morgan fingerprint density at radius 1 is 0.815 bits per heavy atom. The van der Waals surface area contributed by atoms with Crippen molar-refractivity contribution in [3.63, 3.8) is 0 Å². The lowest BCUT2D eigenvalue weighted by atomic mass is 10.0. The maximum atomic E-state index is 11.1. The van der Waals surface area contributed by atoms with Crippen LogP contribution in [0.5, 0.6) is 0 Å². The molecule has 162 valence electrons. The Hall–Kier alpha value is -0.540. The third-order valence-corrected chi connectivity index (χ3v) is 4.92. The SMILES string of the molecule is C=CC(=O)OC(C)CCCCCCCCCCCCCCC[N+](C)(C)C.[Cl-]. The predicted octanol–water partition coefficient (Wildman–Crippen LogP) is 3.28. The van der Waals surface area contributed by atoms with Gasteiger partial charge in [-0.05, 0) is 32.6 Å². The summed E-state index contributed by atoms with van der Waals surface area (Å²) < 4.78 is 6.27. The van der Waals surface area contributed by atoms with E-state index >= 15 is 0 Å². The minimum absolute atomic E-state index is 0. The van der Waals surface area contributed by atoms with E-state index in [2.05, 4.69) is 27.7 Å². The lowest BCUT2D eigenvalue weighted by Gasteiger charge is -2.23. The fourth-order valence-corrected chi connectivity index (χ4v) is 3.27. The molecule has 0 spiro atoms. The van der Waals surface area contributed by atoms with Gasteiger partial charge in [-0.25, -0.2) is 4.79 Å². The molecule has 0 aromatic rings. The summed E-state index contributed by atoms with van der Waals surface area (Å²) in [7, 11) is 6.84. The monoisotopic (exact) mass is 403 g/mol. The Morgan fingerprint density at radius 2 is 1.19 bits per heavy atom. The van der Waals surface area contributed by atoms with Crippen LogP contribution in [0.3, 0.4) is 0 Å². The lowest BCUT2D eigenvalue weighted by Crippen LogP contribution is -3.00. The number of hydrogen-bond donors (Lipinski definition) is 0. The van der Waals surface area contributed by atoms with Gasteiger partial charge in [0.15, 0.2) is 0 Å². The van der Waals surface area contributed by atoms with Crippen LogP contribution in [-0.4, -0.2) is 44.2 Å². The van der Waals surface area contributed by atoms with Crippen molar-refractivity contribution in [2.45, 2.75) is 103 Å². The number of unbranched alkanes of at least 4 members (excludes halogenated alkanes) is 12. The Kier molecular flexibility index (Phi) is 20.0. The van der Waals surface area contributed by atoms with E-state index in [0.29, 0.717) is 0 Å². The van der Waals surface area contributed by atoms with Gasteiger partial charge in [0, 0.05) is 6.08 Å². The number of halogens is 1. The zero-order valence-electron chi connectivity index (χ0n) is 18.6. The first-order chi connectivity index (χ1) is 12.3. The fourth-order valence-electron chi connectivity index (χ4n) is 3.27. The van der Waals surface area contributed by atoms with Crippen molar-refractivity contribution in [2.24, 2.45) is 0 Å². The number of quaternary nitrogens is 1. The Morgan fingerprint density at radius 3 is 1.56 bits per heavy atom. The number of hydrogen-bond acceptors (Lipinski definition) is 2. The standard InChI is InChI=1S/C23H46NO2.ClH/c1-6-23(25)26-22(2)20-18-16-14-12-10-8-7-9-11-13-15-17-19-21-24(3,4)5;/h6,22H,1,7-21H2,2-5H3;1H/q+1;/p-1. The first kappa shape index (κ1) is 28.7. The van der Waals surface area contributed by atoms with E-state index in [1.165, 1.54) is 89.7 Å². The lowest BCUT2D eigenvalue weighted by molar-refractivity contribution is -0.870. The van der Waals surface area contributed by atoms with Crippen LogP contribution in [0.25, 0.3) is 0 Å². The molecule has 0 aliphatic rings. The van der Waals surface area contributed by atoms with Gasteiger partial charge in [0.05, 0.1) is 33.8 Å². The molecule has 0 aliphatic heterocycles. The highest BCUT2D eigenvalue weighted by molar-refractivity contribution is 5.81. The van der Waals surface area contributed by atoms with Crippen LogP contribution in [0.1, 0.15) is 96.8 Å².